The summed E-state index contributed by atoms with van der Waals surface area (Å²) in [6.45, 7) is 5.25. The van der Waals surface area contributed by atoms with Crippen LogP contribution >= 0.6 is 0 Å². The van der Waals surface area contributed by atoms with Crippen molar-refractivity contribution in [2.24, 2.45) is 10.2 Å². The first-order chi connectivity index (χ1) is 10.1. The fourth-order valence-corrected chi connectivity index (χ4v) is 1.74. The normalized spacial score (nSPS) is 10.6. The fraction of sp³-hybridized carbons (Fsp3) is 0.118. The second-order valence-electron chi connectivity index (χ2n) is 4.61. The Bertz CT molecular complexity index is 657. The van der Waals surface area contributed by atoms with Gasteiger partial charge in [0.25, 0.3) is 0 Å². The molecule has 0 bridgehead atoms. The average molecular weight is 279 g/mol. The lowest BCUT2D eigenvalue weighted by Crippen LogP contribution is -2.05. The van der Waals surface area contributed by atoms with E-state index < -0.39 is 0 Å². The highest BCUT2D eigenvalue weighted by Crippen LogP contribution is 2.22. The van der Waals surface area contributed by atoms with Crippen molar-refractivity contribution in [3.8, 4) is 0 Å². The van der Waals surface area contributed by atoms with Crippen LogP contribution in [0.4, 0.5) is 17.1 Å². The molecule has 0 unspecified atom stereocenters. The van der Waals surface area contributed by atoms with Crippen LogP contribution in [-0.4, -0.2) is 12.8 Å². The quantitative estimate of drug-likeness (QED) is 0.578. The Kier molecular flexibility index (Phi) is 4.61. The van der Waals surface area contributed by atoms with Gasteiger partial charge in [0.2, 0.25) is 0 Å². The van der Waals surface area contributed by atoms with E-state index in [2.05, 4.69) is 16.8 Å². The van der Waals surface area contributed by atoms with Crippen molar-refractivity contribution in [1.29, 1.82) is 0 Å². The molecule has 0 heterocycles. The zero-order valence-electron chi connectivity index (χ0n) is 12.2. The minimum Gasteiger partial charge on any atom is -0.352 e. The number of hydrogen-bond donors (Lipinski definition) is 0. The maximum Gasteiger partial charge on any atom is 0.159 e. The first-order valence-electron chi connectivity index (χ1n) is 6.58. The lowest BCUT2D eigenvalue weighted by atomic mass is 10.1. The smallest absolute Gasteiger partial charge is 0.159 e. The van der Waals surface area contributed by atoms with Crippen molar-refractivity contribution in [2.45, 2.75) is 6.92 Å². The first kappa shape index (κ1) is 14.7. The molecule has 0 amide bonds. The predicted molar refractivity (Wildman–Crippen MR) is 85.7 cm³/mol. The molecule has 2 aromatic rings. The molecule has 0 aliphatic rings. The van der Waals surface area contributed by atoms with Crippen molar-refractivity contribution >= 4 is 22.8 Å². The summed E-state index contributed by atoms with van der Waals surface area (Å²) in [7, 11) is 1.93. The monoisotopic (exact) mass is 279 g/mol. The van der Waals surface area contributed by atoms with Crippen LogP contribution in [0.15, 0.2) is 71.5 Å². The third-order valence-electron chi connectivity index (χ3n) is 3.09. The van der Waals surface area contributed by atoms with Crippen molar-refractivity contribution in [2.75, 3.05) is 11.9 Å². The second-order valence-corrected chi connectivity index (χ2v) is 4.61. The van der Waals surface area contributed by atoms with Crippen LogP contribution in [-0.2, 0) is 0 Å². The first-order valence-corrected chi connectivity index (χ1v) is 6.58. The summed E-state index contributed by atoms with van der Waals surface area (Å²) in [6.07, 6.45) is 1.74. The summed E-state index contributed by atoms with van der Waals surface area (Å²) in [5, 5.41) is 8.32. The standard InChI is InChI=1S/C17H17N3O/c1-4-20(3)17-11-9-16(10-12-17)19-18-15-7-5-14(6-8-15)13(2)21/h4-12H,1H2,2-3H3. The Balaban J connectivity index is 2.10. The maximum atomic E-state index is 11.2. The number of rotatable bonds is 5. The van der Waals surface area contributed by atoms with Gasteiger partial charge in [-0.05, 0) is 61.7 Å². The van der Waals surface area contributed by atoms with Gasteiger partial charge in [0.15, 0.2) is 5.78 Å². The lowest BCUT2D eigenvalue weighted by Gasteiger charge is -2.12. The van der Waals surface area contributed by atoms with Gasteiger partial charge >= 0.3 is 0 Å². The average Bonchev–Trinajstić information content (AvgIpc) is 2.53. The Morgan fingerprint density at radius 2 is 1.48 bits per heavy atom. The molecule has 4 nitrogen and oxygen atoms in total. The van der Waals surface area contributed by atoms with E-state index in [1.807, 2.05) is 36.2 Å². The van der Waals surface area contributed by atoms with Crippen LogP contribution < -0.4 is 4.90 Å². The largest absolute Gasteiger partial charge is 0.352 e. The maximum absolute atomic E-state index is 11.2. The summed E-state index contributed by atoms with van der Waals surface area (Å²) < 4.78 is 0. The molecule has 0 atom stereocenters. The zero-order valence-corrected chi connectivity index (χ0v) is 12.2. The van der Waals surface area contributed by atoms with E-state index in [0.717, 1.165) is 11.4 Å². The molecule has 0 saturated heterocycles. The van der Waals surface area contributed by atoms with Crippen LogP contribution in [0.5, 0.6) is 0 Å². The molecular weight excluding hydrogens is 262 g/mol. The summed E-state index contributed by atoms with van der Waals surface area (Å²) >= 11 is 0. The van der Waals surface area contributed by atoms with Crippen molar-refractivity contribution in [3.63, 3.8) is 0 Å². The van der Waals surface area contributed by atoms with Gasteiger partial charge in [0.1, 0.15) is 0 Å². The number of azo groups is 1. The Morgan fingerprint density at radius 1 is 1.00 bits per heavy atom. The minimum atomic E-state index is 0.0421. The summed E-state index contributed by atoms with van der Waals surface area (Å²) in [4.78, 5) is 13.1. The van der Waals surface area contributed by atoms with Crippen LogP contribution in [0.25, 0.3) is 0 Å². The third kappa shape index (κ3) is 3.86. The number of carbonyl (C=O) groups is 1. The molecule has 106 valence electrons. The van der Waals surface area contributed by atoms with Crippen LogP contribution in [0.2, 0.25) is 0 Å². The highest BCUT2D eigenvalue weighted by atomic mass is 16.1. The summed E-state index contributed by atoms with van der Waals surface area (Å²) in [5.74, 6) is 0.0421. The number of carbonyl (C=O) groups excluding carboxylic acids is 1. The molecule has 0 fully saturated rings. The van der Waals surface area contributed by atoms with Gasteiger partial charge in [-0.25, -0.2) is 0 Å². The highest BCUT2D eigenvalue weighted by Gasteiger charge is 1.99. The summed E-state index contributed by atoms with van der Waals surface area (Å²) in [6, 6.07) is 14.7. The number of benzene rings is 2. The fourth-order valence-electron chi connectivity index (χ4n) is 1.74. The lowest BCUT2D eigenvalue weighted by molar-refractivity contribution is 0.101. The molecular formula is C17H17N3O. The van der Waals surface area contributed by atoms with Gasteiger partial charge in [-0.1, -0.05) is 6.58 Å². The van der Waals surface area contributed by atoms with Crippen LogP contribution in [0.1, 0.15) is 17.3 Å². The molecule has 0 saturated carbocycles. The SMILES string of the molecule is C=CN(C)c1ccc(N=Nc2ccc(C(C)=O)cc2)cc1. The Morgan fingerprint density at radius 3 is 1.90 bits per heavy atom. The number of anilines is 1. The van der Waals surface area contributed by atoms with E-state index in [4.69, 9.17) is 0 Å². The Labute approximate surface area is 124 Å². The van der Waals surface area contributed by atoms with Crippen LogP contribution in [0.3, 0.4) is 0 Å². The van der Waals surface area contributed by atoms with Gasteiger partial charge in [0.05, 0.1) is 11.4 Å². The second kappa shape index (κ2) is 6.61. The molecule has 0 spiro atoms. The molecule has 0 aromatic heterocycles. The molecule has 21 heavy (non-hydrogen) atoms. The number of Topliss-reactive ketones (excluding diaryl/α,β-unsaturated/α-hetero) is 1. The van der Waals surface area contributed by atoms with Gasteiger partial charge in [0, 0.05) is 18.3 Å². The highest BCUT2D eigenvalue weighted by molar-refractivity contribution is 5.94. The van der Waals surface area contributed by atoms with Gasteiger partial charge < -0.3 is 4.90 Å². The molecule has 4 heteroatoms. The van der Waals surface area contributed by atoms with E-state index in [9.17, 15) is 4.79 Å². The van der Waals surface area contributed by atoms with E-state index in [0.29, 0.717) is 11.3 Å². The predicted octanol–water partition coefficient (Wildman–Crippen LogP) is 4.88. The zero-order chi connectivity index (χ0) is 15.2. The number of ketones is 1. The molecule has 0 N–H and O–H groups in total. The number of nitrogens with zero attached hydrogens (tertiary/aromatic N) is 3. The molecule has 0 radical (unpaired) electrons. The van der Waals surface area contributed by atoms with Crippen LogP contribution in [0, 0.1) is 0 Å². The van der Waals surface area contributed by atoms with Gasteiger partial charge in [-0.2, -0.15) is 10.2 Å². The third-order valence-corrected chi connectivity index (χ3v) is 3.09. The van der Waals surface area contributed by atoms with Crippen molar-refractivity contribution < 1.29 is 4.79 Å². The van der Waals surface area contributed by atoms with Crippen molar-refractivity contribution in [1.82, 2.24) is 0 Å². The van der Waals surface area contributed by atoms with E-state index in [1.165, 1.54) is 0 Å². The van der Waals surface area contributed by atoms with E-state index in [-0.39, 0.29) is 5.78 Å². The topological polar surface area (TPSA) is 45.0 Å². The molecule has 0 aliphatic carbocycles. The van der Waals surface area contributed by atoms with Gasteiger partial charge in [-0.3, -0.25) is 4.79 Å². The molecule has 0 aliphatic heterocycles. The number of hydrogen-bond acceptors (Lipinski definition) is 4. The van der Waals surface area contributed by atoms with E-state index in [1.54, 1.807) is 37.4 Å². The minimum absolute atomic E-state index is 0.0421. The molecule has 2 aromatic carbocycles. The molecule has 2 rings (SSSR count). The van der Waals surface area contributed by atoms with Crippen molar-refractivity contribution in [3.05, 3.63) is 66.9 Å². The van der Waals surface area contributed by atoms with E-state index >= 15 is 0 Å². The van der Waals surface area contributed by atoms with Gasteiger partial charge in [-0.15, -0.1) is 0 Å². The summed E-state index contributed by atoms with van der Waals surface area (Å²) in [5.41, 5.74) is 3.19. The Hall–Kier alpha value is -2.75.